The van der Waals surface area contributed by atoms with Crippen molar-refractivity contribution >= 4 is 17.6 Å². The molecule has 0 aromatic heterocycles. The van der Waals surface area contributed by atoms with Crippen LogP contribution in [0.4, 0.5) is 5.69 Å². The average molecular weight is 323 g/mol. The second kappa shape index (κ2) is 8.52. The van der Waals surface area contributed by atoms with E-state index in [1.165, 1.54) is 25.1 Å². The van der Waals surface area contributed by atoms with Crippen LogP contribution in [0.1, 0.15) is 25.3 Å². The van der Waals surface area contributed by atoms with Crippen molar-refractivity contribution in [2.45, 2.75) is 26.4 Å². The fourth-order valence-corrected chi connectivity index (χ4v) is 1.63. The Morgan fingerprint density at radius 1 is 1.39 bits per heavy atom. The molecule has 1 aromatic carbocycles. The molecule has 0 bridgehead atoms. The minimum Gasteiger partial charge on any atom is -0.494 e. The number of nitro groups is 1. The van der Waals surface area contributed by atoms with E-state index in [0.717, 1.165) is 0 Å². The lowest BCUT2D eigenvalue weighted by molar-refractivity contribution is -0.385. The summed E-state index contributed by atoms with van der Waals surface area (Å²) in [6.45, 7) is 4.77. The number of nitrogens with zero attached hydrogens (tertiary/aromatic N) is 1. The summed E-state index contributed by atoms with van der Waals surface area (Å²) in [5, 5.41) is 19.5. The third-order valence-corrected chi connectivity index (χ3v) is 2.76. The molecule has 0 unspecified atom stereocenters. The first-order valence-electron chi connectivity index (χ1n) is 6.75. The molecule has 1 N–H and O–H groups in total. The van der Waals surface area contributed by atoms with E-state index in [2.05, 4.69) is 6.58 Å². The maximum absolute atomic E-state index is 11.4. The van der Waals surface area contributed by atoms with Crippen molar-refractivity contribution in [2.75, 3.05) is 6.61 Å². The topological polar surface area (TPSA) is 116 Å². The van der Waals surface area contributed by atoms with Gasteiger partial charge in [0.1, 0.15) is 12.4 Å². The van der Waals surface area contributed by atoms with Gasteiger partial charge in [-0.3, -0.25) is 14.9 Å². The molecular weight excluding hydrogens is 306 g/mol. The molecule has 0 saturated heterocycles. The van der Waals surface area contributed by atoms with Gasteiger partial charge < -0.3 is 14.6 Å². The van der Waals surface area contributed by atoms with Gasteiger partial charge in [-0.25, -0.2) is 4.79 Å². The second-order valence-electron chi connectivity index (χ2n) is 4.75. The molecule has 0 amide bonds. The van der Waals surface area contributed by atoms with Crippen LogP contribution in [-0.2, 0) is 20.9 Å². The lowest BCUT2D eigenvalue weighted by Gasteiger charge is -2.09. The molecule has 8 nitrogen and oxygen atoms in total. The Balaban J connectivity index is 2.77. The van der Waals surface area contributed by atoms with E-state index in [1.807, 2.05) is 0 Å². The number of carboxylic acids is 1. The summed E-state index contributed by atoms with van der Waals surface area (Å²) in [6, 6.07) is 4.05. The average Bonchev–Trinajstić information content (AvgIpc) is 2.48. The van der Waals surface area contributed by atoms with Crippen molar-refractivity contribution in [3.63, 3.8) is 0 Å². The minimum absolute atomic E-state index is 0.0317. The number of carbonyl (C=O) groups is 2. The van der Waals surface area contributed by atoms with Crippen molar-refractivity contribution in [3.05, 3.63) is 46.0 Å². The van der Waals surface area contributed by atoms with E-state index in [-0.39, 0.29) is 36.5 Å². The van der Waals surface area contributed by atoms with Crippen LogP contribution >= 0.6 is 0 Å². The minimum atomic E-state index is -0.926. The molecule has 0 aliphatic carbocycles. The van der Waals surface area contributed by atoms with E-state index in [1.54, 1.807) is 0 Å². The highest BCUT2D eigenvalue weighted by Crippen LogP contribution is 2.25. The van der Waals surface area contributed by atoms with Gasteiger partial charge in [0.15, 0.2) is 0 Å². The third-order valence-electron chi connectivity index (χ3n) is 2.76. The highest BCUT2D eigenvalue weighted by Gasteiger charge is 2.16. The van der Waals surface area contributed by atoms with Gasteiger partial charge in [0, 0.05) is 18.1 Å². The number of carboxylic acid groups (broad SMARTS) is 1. The lowest BCUT2D eigenvalue weighted by Crippen LogP contribution is -2.07. The normalized spacial score (nSPS) is 9.96. The summed E-state index contributed by atoms with van der Waals surface area (Å²) >= 11 is 0. The van der Waals surface area contributed by atoms with Crippen LogP contribution in [0.5, 0.6) is 5.75 Å². The molecule has 0 atom stereocenters. The second-order valence-corrected chi connectivity index (χ2v) is 4.75. The maximum Gasteiger partial charge on any atom is 0.333 e. The van der Waals surface area contributed by atoms with E-state index >= 15 is 0 Å². The van der Waals surface area contributed by atoms with Gasteiger partial charge in [-0.2, -0.15) is 0 Å². The predicted molar refractivity (Wildman–Crippen MR) is 80.1 cm³/mol. The van der Waals surface area contributed by atoms with Gasteiger partial charge in [0.25, 0.3) is 5.69 Å². The zero-order valence-electron chi connectivity index (χ0n) is 12.6. The largest absolute Gasteiger partial charge is 0.494 e. The monoisotopic (exact) mass is 323 g/mol. The zero-order chi connectivity index (χ0) is 17.4. The number of carbonyl (C=O) groups excluding carboxylic acids is 1. The summed E-state index contributed by atoms with van der Waals surface area (Å²) in [7, 11) is 0. The number of aliphatic carboxylic acids is 1. The number of ether oxygens (including phenoxy) is 2. The molecule has 0 saturated carbocycles. The van der Waals surface area contributed by atoms with Crippen molar-refractivity contribution < 1.29 is 29.1 Å². The first-order valence-corrected chi connectivity index (χ1v) is 6.75. The van der Waals surface area contributed by atoms with Gasteiger partial charge in [0.2, 0.25) is 0 Å². The Hall–Kier alpha value is -2.90. The van der Waals surface area contributed by atoms with E-state index in [9.17, 15) is 19.7 Å². The van der Waals surface area contributed by atoms with Gasteiger partial charge in [0.05, 0.1) is 17.1 Å². The summed E-state index contributed by atoms with van der Waals surface area (Å²) in [4.78, 5) is 32.2. The number of benzene rings is 1. The lowest BCUT2D eigenvalue weighted by atomic mass is 10.2. The molecule has 0 fully saturated rings. The summed E-state index contributed by atoms with van der Waals surface area (Å²) < 4.78 is 10.3. The fourth-order valence-electron chi connectivity index (χ4n) is 1.63. The molecular formula is C15H17NO7. The number of rotatable bonds is 9. The Labute approximate surface area is 132 Å². The van der Waals surface area contributed by atoms with E-state index in [4.69, 9.17) is 14.6 Å². The zero-order valence-corrected chi connectivity index (χ0v) is 12.6. The Morgan fingerprint density at radius 3 is 2.65 bits per heavy atom. The number of nitro benzene ring substituents is 1. The van der Waals surface area contributed by atoms with Gasteiger partial charge in [-0.05, 0) is 25.5 Å². The molecule has 0 radical (unpaired) electrons. The Morgan fingerprint density at radius 2 is 2.09 bits per heavy atom. The van der Waals surface area contributed by atoms with Crippen molar-refractivity contribution in [2.24, 2.45) is 0 Å². The molecule has 0 heterocycles. The fraction of sp³-hybridized carbons (Fsp3) is 0.333. The smallest absolute Gasteiger partial charge is 0.333 e. The molecule has 1 aromatic rings. The molecule has 0 spiro atoms. The van der Waals surface area contributed by atoms with Crippen molar-refractivity contribution in [1.82, 2.24) is 0 Å². The molecule has 0 aliphatic rings. The van der Waals surface area contributed by atoms with E-state index in [0.29, 0.717) is 12.2 Å². The molecule has 124 valence electrons. The van der Waals surface area contributed by atoms with Crippen LogP contribution in [0.15, 0.2) is 30.4 Å². The number of hydrogen-bond acceptors (Lipinski definition) is 6. The number of hydrogen-bond donors (Lipinski definition) is 1. The highest BCUT2D eigenvalue weighted by molar-refractivity contribution is 5.86. The van der Waals surface area contributed by atoms with Crippen LogP contribution < -0.4 is 4.74 Å². The summed E-state index contributed by atoms with van der Waals surface area (Å²) in [6.07, 6.45) is 0.280. The van der Waals surface area contributed by atoms with Crippen LogP contribution in [0.25, 0.3) is 0 Å². The van der Waals surface area contributed by atoms with Gasteiger partial charge in [-0.15, -0.1) is 0 Å². The quantitative estimate of drug-likeness (QED) is 0.244. The number of esters is 1. The standard InChI is InChI=1S/C15H17NO7/c1-10(2)15(19)23-9-11-8-12(5-6-13(11)16(20)21)22-7-3-4-14(17)18/h5-6,8H,1,3-4,7,9H2,2H3,(H,17,18). The first kappa shape index (κ1) is 18.1. The predicted octanol–water partition coefficient (Wildman–Crippen LogP) is 2.46. The molecule has 8 heteroatoms. The van der Waals surface area contributed by atoms with Crippen LogP contribution in [0.2, 0.25) is 0 Å². The van der Waals surface area contributed by atoms with Crippen LogP contribution in [0.3, 0.4) is 0 Å². The first-order chi connectivity index (χ1) is 10.8. The van der Waals surface area contributed by atoms with Crippen LogP contribution in [0, 0.1) is 10.1 Å². The highest BCUT2D eigenvalue weighted by atomic mass is 16.6. The SMILES string of the molecule is C=C(C)C(=O)OCc1cc(OCCCC(=O)O)ccc1[N+](=O)[O-]. The van der Waals surface area contributed by atoms with Crippen molar-refractivity contribution in [1.29, 1.82) is 0 Å². The molecule has 23 heavy (non-hydrogen) atoms. The summed E-state index contributed by atoms with van der Waals surface area (Å²) in [5.41, 5.74) is 0.173. The molecule has 1 rings (SSSR count). The van der Waals surface area contributed by atoms with E-state index < -0.39 is 16.9 Å². The molecule has 0 aliphatic heterocycles. The Bertz CT molecular complexity index is 624. The Kier molecular flexibility index (Phi) is 6.72. The van der Waals surface area contributed by atoms with Crippen molar-refractivity contribution in [3.8, 4) is 5.75 Å². The third kappa shape index (κ3) is 6.16. The van der Waals surface area contributed by atoms with Crippen LogP contribution in [-0.4, -0.2) is 28.6 Å². The summed E-state index contributed by atoms with van der Waals surface area (Å²) in [5.74, 6) is -1.24. The van der Waals surface area contributed by atoms with Gasteiger partial charge in [-0.1, -0.05) is 6.58 Å². The van der Waals surface area contributed by atoms with Gasteiger partial charge >= 0.3 is 11.9 Å². The maximum atomic E-state index is 11.4.